The quantitative estimate of drug-likeness (QED) is 0.505. The van der Waals surface area contributed by atoms with E-state index in [1.54, 1.807) is 36.5 Å². The van der Waals surface area contributed by atoms with E-state index in [1.807, 2.05) is 35.7 Å². The molecule has 6 nitrogen and oxygen atoms in total. The lowest BCUT2D eigenvalue weighted by Crippen LogP contribution is -2.18. The average molecular weight is 379 g/mol. The first-order valence-electron chi connectivity index (χ1n) is 8.08. The highest BCUT2D eigenvalue weighted by molar-refractivity contribution is 7.12. The molecule has 2 aromatic carbocycles. The SMILES string of the molecule is COc1cc(NC(=O)c2cccs2)cc(C(=O)N/N=C/c2ccccc2)c1. The van der Waals surface area contributed by atoms with Crippen LogP contribution in [0.5, 0.6) is 5.75 Å². The van der Waals surface area contributed by atoms with Gasteiger partial charge >= 0.3 is 0 Å². The molecule has 1 aromatic heterocycles. The Morgan fingerprint density at radius 1 is 1.04 bits per heavy atom. The van der Waals surface area contributed by atoms with Crippen molar-refractivity contribution in [1.82, 2.24) is 5.43 Å². The predicted octanol–water partition coefficient (Wildman–Crippen LogP) is 3.77. The Kier molecular flexibility index (Phi) is 5.96. The van der Waals surface area contributed by atoms with Crippen LogP contribution in [0.2, 0.25) is 0 Å². The van der Waals surface area contributed by atoms with Gasteiger partial charge in [0, 0.05) is 17.3 Å². The van der Waals surface area contributed by atoms with E-state index in [2.05, 4.69) is 15.8 Å². The van der Waals surface area contributed by atoms with Gasteiger partial charge in [0.15, 0.2) is 0 Å². The van der Waals surface area contributed by atoms with Crippen LogP contribution in [0.4, 0.5) is 5.69 Å². The number of hydrogen-bond acceptors (Lipinski definition) is 5. The molecule has 0 aliphatic heterocycles. The highest BCUT2D eigenvalue weighted by Gasteiger charge is 2.12. The van der Waals surface area contributed by atoms with Crippen LogP contribution in [0.15, 0.2) is 71.1 Å². The summed E-state index contributed by atoms with van der Waals surface area (Å²) in [6, 6.07) is 17.7. The van der Waals surface area contributed by atoms with E-state index < -0.39 is 5.91 Å². The lowest BCUT2D eigenvalue weighted by Gasteiger charge is -2.09. The molecule has 7 heteroatoms. The van der Waals surface area contributed by atoms with Gasteiger partial charge in [-0.2, -0.15) is 5.10 Å². The first-order valence-corrected chi connectivity index (χ1v) is 8.96. The number of rotatable bonds is 6. The number of ether oxygens (including phenoxy) is 1. The maximum atomic E-state index is 12.4. The lowest BCUT2D eigenvalue weighted by atomic mass is 10.1. The summed E-state index contributed by atoms with van der Waals surface area (Å²) in [6.07, 6.45) is 1.55. The maximum Gasteiger partial charge on any atom is 0.271 e. The molecule has 136 valence electrons. The van der Waals surface area contributed by atoms with Gasteiger partial charge in [-0.05, 0) is 29.1 Å². The molecule has 0 atom stereocenters. The van der Waals surface area contributed by atoms with Gasteiger partial charge in [-0.15, -0.1) is 11.3 Å². The lowest BCUT2D eigenvalue weighted by molar-refractivity contribution is 0.0953. The molecule has 0 saturated heterocycles. The summed E-state index contributed by atoms with van der Waals surface area (Å²) >= 11 is 1.34. The van der Waals surface area contributed by atoms with Crippen LogP contribution < -0.4 is 15.5 Å². The van der Waals surface area contributed by atoms with Crippen LogP contribution in [0.25, 0.3) is 0 Å². The number of anilines is 1. The normalized spacial score (nSPS) is 10.6. The summed E-state index contributed by atoms with van der Waals surface area (Å²) < 4.78 is 5.22. The zero-order valence-electron chi connectivity index (χ0n) is 14.5. The molecule has 0 aliphatic rings. The summed E-state index contributed by atoms with van der Waals surface area (Å²) in [5, 5.41) is 8.55. The van der Waals surface area contributed by atoms with Crippen molar-refractivity contribution in [3.05, 3.63) is 82.0 Å². The second-order valence-corrected chi connectivity index (χ2v) is 6.44. The highest BCUT2D eigenvalue weighted by atomic mass is 32.1. The maximum absolute atomic E-state index is 12.4. The molecule has 27 heavy (non-hydrogen) atoms. The van der Waals surface area contributed by atoms with Crippen LogP contribution >= 0.6 is 11.3 Å². The molecule has 0 saturated carbocycles. The van der Waals surface area contributed by atoms with E-state index in [9.17, 15) is 9.59 Å². The number of benzene rings is 2. The second-order valence-electron chi connectivity index (χ2n) is 5.49. The summed E-state index contributed by atoms with van der Waals surface area (Å²) in [4.78, 5) is 25.2. The van der Waals surface area contributed by atoms with E-state index in [-0.39, 0.29) is 5.91 Å². The van der Waals surface area contributed by atoms with Gasteiger partial charge in [-0.1, -0.05) is 36.4 Å². The number of thiophene rings is 1. The van der Waals surface area contributed by atoms with E-state index in [1.165, 1.54) is 18.4 Å². The molecule has 1 heterocycles. The fourth-order valence-corrected chi connectivity index (χ4v) is 2.91. The minimum absolute atomic E-state index is 0.244. The van der Waals surface area contributed by atoms with E-state index in [0.717, 1.165) is 5.56 Å². The Bertz CT molecular complexity index is 954. The highest BCUT2D eigenvalue weighted by Crippen LogP contribution is 2.22. The number of nitrogens with one attached hydrogen (secondary N) is 2. The molecule has 0 bridgehead atoms. The number of amides is 2. The summed E-state index contributed by atoms with van der Waals surface area (Å²) in [7, 11) is 1.50. The minimum Gasteiger partial charge on any atom is -0.497 e. The van der Waals surface area contributed by atoms with Crippen molar-refractivity contribution >= 4 is 35.1 Å². The fraction of sp³-hybridized carbons (Fsp3) is 0.0500. The molecular weight excluding hydrogens is 362 g/mol. The molecule has 0 fully saturated rings. The van der Waals surface area contributed by atoms with Crippen molar-refractivity contribution in [1.29, 1.82) is 0 Å². The minimum atomic E-state index is -0.410. The molecule has 0 unspecified atom stereocenters. The van der Waals surface area contributed by atoms with E-state index in [0.29, 0.717) is 21.9 Å². The molecule has 2 amide bonds. The van der Waals surface area contributed by atoms with Gasteiger partial charge in [-0.25, -0.2) is 5.43 Å². The van der Waals surface area contributed by atoms with Crippen molar-refractivity contribution in [2.45, 2.75) is 0 Å². The molecular formula is C20H17N3O3S. The van der Waals surface area contributed by atoms with Crippen molar-refractivity contribution in [2.75, 3.05) is 12.4 Å². The number of carbonyl (C=O) groups is 2. The van der Waals surface area contributed by atoms with Crippen LogP contribution in [0.1, 0.15) is 25.6 Å². The third kappa shape index (κ3) is 5.02. The van der Waals surface area contributed by atoms with Crippen molar-refractivity contribution < 1.29 is 14.3 Å². The molecule has 0 radical (unpaired) electrons. The number of hydrogen-bond donors (Lipinski definition) is 2. The Balaban J connectivity index is 1.73. The van der Waals surface area contributed by atoms with Crippen LogP contribution in [-0.2, 0) is 0 Å². The Labute approximate surface area is 160 Å². The zero-order valence-corrected chi connectivity index (χ0v) is 15.3. The third-order valence-electron chi connectivity index (χ3n) is 3.59. The summed E-state index contributed by atoms with van der Waals surface area (Å²) in [6.45, 7) is 0. The predicted molar refractivity (Wildman–Crippen MR) is 107 cm³/mol. The van der Waals surface area contributed by atoms with Gasteiger partial charge in [0.1, 0.15) is 5.75 Å². The first kappa shape index (κ1) is 18.3. The molecule has 3 rings (SSSR count). The van der Waals surface area contributed by atoms with Gasteiger partial charge in [0.2, 0.25) is 0 Å². The van der Waals surface area contributed by atoms with Gasteiger partial charge in [0.25, 0.3) is 11.8 Å². The molecule has 0 aliphatic carbocycles. The number of nitrogens with zero attached hydrogens (tertiary/aromatic N) is 1. The van der Waals surface area contributed by atoms with Crippen molar-refractivity contribution in [3.63, 3.8) is 0 Å². The van der Waals surface area contributed by atoms with Crippen LogP contribution in [-0.4, -0.2) is 25.1 Å². The van der Waals surface area contributed by atoms with Crippen molar-refractivity contribution in [3.8, 4) is 5.75 Å². The van der Waals surface area contributed by atoms with Crippen LogP contribution in [0.3, 0.4) is 0 Å². The summed E-state index contributed by atoms with van der Waals surface area (Å²) in [5.74, 6) is -0.199. The second kappa shape index (κ2) is 8.77. The number of carbonyl (C=O) groups excluding carboxylic acids is 2. The number of methoxy groups -OCH3 is 1. The Morgan fingerprint density at radius 3 is 2.56 bits per heavy atom. The van der Waals surface area contributed by atoms with E-state index >= 15 is 0 Å². The zero-order chi connectivity index (χ0) is 19.1. The topological polar surface area (TPSA) is 79.8 Å². The average Bonchev–Trinajstić information content (AvgIpc) is 3.23. The smallest absolute Gasteiger partial charge is 0.271 e. The molecule has 2 N–H and O–H groups in total. The van der Waals surface area contributed by atoms with E-state index in [4.69, 9.17) is 4.74 Å². The van der Waals surface area contributed by atoms with Gasteiger partial charge in [-0.3, -0.25) is 9.59 Å². The first-order chi connectivity index (χ1) is 13.2. The molecule has 3 aromatic rings. The standard InChI is InChI=1S/C20H17N3O3S/c1-26-17-11-15(19(24)23-21-13-14-6-3-2-4-7-14)10-16(12-17)22-20(25)18-8-5-9-27-18/h2-13H,1H3,(H,22,25)(H,23,24)/b21-13+. The van der Waals surface area contributed by atoms with Crippen molar-refractivity contribution in [2.24, 2.45) is 5.10 Å². The summed E-state index contributed by atoms with van der Waals surface area (Å²) in [5.41, 5.74) is 4.12. The van der Waals surface area contributed by atoms with Gasteiger partial charge < -0.3 is 10.1 Å². The Hall–Kier alpha value is -3.45. The largest absolute Gasteiger partial charge is 0.497 e. The third-order valence-corrected chi connectivity index (χ3v) is 4.46. The van der Waals surface area contributed by atoms with Gasteiger partial charge in [0.05, 0.1) is 18.2 Å². The number of hydrazone groups is 1. The fourth-order valence-electron chi connectivity index (χ4n) is 2.29. The molecule has 0 spiro atoms. The van der Waals surface area contributed by atoms with Crippen LogP contribution in [0, 0.1) is 0 Å². The monoisotopic (exact) mass is 379 g/mol. The Morgan fingerprint density at radius 2 is 1.85 bits per heavy atom.